The van der Waals surface area contributed by atoms with E-state index >= 15 is 0 Å². The minimum Gasteiger partial charge on any atom is -0.361 e. The van der Waals surface area contributed by atoms with Crippen LogP contribution in [-0.2, 0) is 26.3 Å². The molecule has 2 fully saturated rings. The number of aromatic nitrogens is 1. The number of rotatable bonds is 3. The van der Waals surface area contributed by atoms with Gasteiger partial charge >= 0.3 is 0 Å². The number of halogens is 2. The standard InChI is InChI=1S/C28H20ClFN4O3/c29-19-6-3-5-18-24(19)32-27(37)28(18)23-22(25(35)34(26(23)36)16-10-8-15(30)9-11-16)21(33-28)12-14-13-31-20-7-2-1-4-17(14)20/h1-11,13,21-23,31,33H,12H2,(H,32,37)/t21-,22+,23-,28-/m0/s1. The maximum atomic E-state index is 14.0. The molecule has 4 atom stereocenters. The molecular weight excluding hydrogens is 495 g/mol. The Morgan fingerprint density at radius 2 is 1.73 bits per heavy atom. The summed E-state index contributed by atoms with van der Waals surface area (Å²) < 4.78 is 13.6. The van der Waals surface area contributed by atoms with Crippen molar-refractivity contribution in [2.24, 2.45) is 11.8 Å². The highest BCUT2D eigenvalue weighted by molar-refractivity contribution is 6.35. The van der Waals surface area contributed by atoms with E-state index in [1.807, 2.05) is 30.5 Å². The summed E-state index contributed by atoms with van der Waals surface area (Å²) in [7, 11) is 0. The number of anilines is 2. The van der Waals surface area contributed by atoms with E-state index in [1.165, 1.54) is 24.3 Å². The van der Waals surface area contributed by atoms with Crippen LogP contribution in [0.4, 0.5) is 15.8 Å². The van der Waals surface area contributed by atoms with Crippen molar-refractivity contribution in [1.82, 2.24) is 10.3 Å². The number of hydrogen-bond donors (Lipinski definition) is 3. The van der Waals surface area contributed by atoms with Gasteiger partial charge in [-0.3, -0.25) is 19.7 Å². The van der Waals surface area contributed by atoms with E-state index in [4.69, 9.17) is 11.6 Å². The van der Waals surface area contributed by atoms with E-state index in [2.05, 4.69) is 15.6 Å². The summed E-state index contributed by atoms with van der Waals surface area (Å²) in [6.07, 6.45) is 2.30. The molecule has 3 N–H and O–H groups in total. The summed E-state index contributed by atoms with van der Waals surface area (Å²) >= 11 is 6.42. The average molecular weight is 515 g/mol. The van der Waals surface area contributed by atoms with Gasteiger partial charge in [-0.15, -0.1) is 0 Å². The second-order valence-corrected chi connectivity index (χ2v) is 10.1. The second kappa shape index (κ2) is 7.74. The zero-order chi connectivity index (χ0) is 25.5. The third-order valence-corrected chi connectivity index (χ3v) is 8.21. The molecule has 7 nitrogen and oxygen atoms in total. The van der Waals surface area contributed by atoms with Gasteiger partial charge in [0.15, 0.2) is 0 Å². The lowest BCUT2D eigenvalue weighted by Crippen LogP contribution is -2.53. The van der Waals surface area contributed by atoms with Crippen LogP contribution in [0.3, 0.4) is 0 Å². The maximum Gasteiger partial charge on any atom is 0.250 e. The summed E-state index contributed by atoms with van der Waals surface area (Å²) in [4.78, 5) is 45.9. The Labute approximate surface area is 215 Å². The first-order valence-electron chi connectivity index (χ1n) is 12.0. The van der Waals surface area contributed by atoms with Crippen molar-refractivity contribution in [3.63, 3.8) is 0 Å². The molecule has 4 aromatic rings. The molecule has 2 saturated heterocycles. The quantitative estimate of drug-likeness (QED) is 0.358. The molecule has 3 aromatic carbocycles. The van der Waals surface area contributed by atoms with Crippen LogP contribution in [0.5, 0.6) is 0 Å². The van der Waals surface area contributed by atoms with Crippen molar-refractivity contribution in [2.75, 3.05) is 10.2 Å². The summed E-state index contributed by atoms with van der Waals surface area (Å²) in [5, 5.41) is 7.64. The monoisotopic (exact) mass is 514 g/mol. The number of carbonyl (C=O) groups excluding carboxylic acids is 3. The topological polar surface area (TPSA) is 94.3 Å². The smallest absolute Gasteiger partial charge is 0.250 e. The van der Waals surface area contributed by atoms with Gasteiger partial charge in [-0.05, 0) is 48.4 Å². The maximum absolute atomic E-state index is 14.0. The molecule has 0 radical (unpaired) electrons. The Bertz CT molecular complexity index is 1630. The highest BCUT2D eigenvalue weighted by atomic mass is 35.5. The molecule has 3 aliphatic heterocycles. The van der Waals surface area contributed by atoms with Gasteiger partial charge in [0.2, 0.25) is 17.7 Å². The molecule has 0 saturated carbocycles. The fourth-order valence-electron chi connectivity index (χ4n) is 6.35. The number of imide groups is 1. The van der Waals surface area contributed by atoms with Crippen LogP contribution < -0.4 is 15.5 Å². The number of benzene rings is 3. The van der Waals surface area contributed by atoms with Gasteiger partial charge in [0.05, 0.1) is 28.2 Å². The van der Waals surface area contributed by atoms with Gasteiger partial charge < -0.3 is 10.3 Å². The number of fused-ring (bicyclic) bond motifs is 5. The first kappa shape index (κ1) is 22.2. The fraction of sp³-hybridized carbons (Fsp3) is 0.179. The van der Waals surface area contributed by atoms with Crippen molar-refractivity contribution in [3.05, 3.63) is 94.9 Å². The molecule has 4 heterocycles. The molecule has 184 valence electrons. The Kier molecular flexibility index (Phi) is 4.65. The summed E-state index contributed by atoms with van der Waals surface area (Å²) in [5.41, 5.74) is 1.71. The van der Waals surface area contributed by atoms with Crippen LogP contribution >= 0.6 is 11.6 Å². The van der Waals surface area contributed by atoms with Crippen molar-refractivity contribution in [1.29, 1.82) is 0 Å². The zero-order valence-corrected chi connectivity index (χ0v) is 20.1. The zero-order valence-electron chi connectivity index (χ0n) is 19.3. The Balaban J connectivity index is 1.39. The summed E-state index contributed by atoms with van der Waals surface area (Å²) in [6, 6.07) is 17.7. The summed E-state index contributed by atoms with van der Waals surface area (Å²) in [5.74, 6) is -3.63. The third kappa shape index (κ3) is 2.94. The van der Waals surface area contributed by atoms with Crippen LogP contribution in [0.15, 0.2) is 72.9 Å². The van der Waals surface area contributed by atoms with Crippen LogP contribution in [-0.4, -0.2) is 28.7 Å². The molecule has 37 heavy (non-hydrogen) atoms. The van der Waals surface area contributed by atoms with Crippen LogP contribution in [0.1, 0.15) is 11.1 Å². The van der Waals surface area contributed by atoms with E-state index in [-0.39, 0.29) is 5.69 Å². The van der Waals surface area contributed by atoms with Gasteiger partial charge in [-0.1, -0.05) is 41.9 Å². The van der Waals surface area contributed by atoms with E-state index in [0.717, 1.165) is 21.4 Å². The van der Waals surface area contributed by atoms with Crippen LogP contribution in [0.25, 0.3) is 10.9 Å². The second-order valence-electron chi connectivity index (χ2n) is 9.73. The number of H-pyrrole nitrogens is 1. The van der Waals surface area contributed by atoms with Gasteiger partial charge in [0.1, 0.15) is 11.4 Å². The van der Waals surface area contributed by atoms with Gasteiger partial charge in [-0.2, -0.15) is 0 Å². The molecule has 0 unspecified atom stereocenters. The highest BCUT2D eigenvalue weighted by Gasteiger charge is 2.70. The van der Waals surface area contributed by atoms with Crippen molar-refractivity contribution in [2.45, 2.75) is 18.0 Å². The molecule has 0 bridgehead atoms. The molecule has 9 heteroatoms. The van der Waals surface area contributed by atoms with Gasteiger partial charge in [-0.25, -0.2) is 9.29 Å². The molecular formula is C28H20ClFN4O3. The Hall–Kier alpha value is -4.01. The van der Waals surface area contributed by atoms with Crippen molar-refractivity contribution in [3.8, 4) is 0 Å². The Morgan fingerprint density at radius 3 is 2.54 bits per heavy atom. The SMILES string of the molecule is O=C1[C@@H]2[C@H](Cc3c[nH]c4ccccc34)N[C@]3(C(=O)Nc4c(Cl)cccc43)[C@@H]2C(=O)N1c1ccc(F)cc1. The summed E-state index contributed by atoms with van der Waals surface area (Å²) in [6.45, 7) is 0. The Morgan fingerprint density at radius 1 is 0.946 bits per heavy atom. The number of nitrogens with zero attached hydrogens (tertiary/aromatic N) is 1. The lowest BCUT2D eigenvalue weighted by molar-refractivity contribution is -0.130. The first-order valence-corrected chi connectivity index (χ1v) is 12.3. The molecule has 3 aliphatic rings. The number of carbonyl (C=O) groups is 3. The minimum absolute atomic E-state index is 0.275. The first-order chi connectivity index (χ1) is 17.9. The molecule has 0 aliphatic carbocycles. The van der Waals surface area contributed by atoms with Gasteiger partial charge in [0, 0.05) is 28.7 Å². The molecule has 1 spiro atoms. The number of nitrogens with one attached hydrogen (secondary N) is 3. The lowest BCUT2D eigenvalue weighted by Gasteiger charge is -2.29. The van der Waals surface area contributed by atoms with E-state index in [1.54, 1.807) is 18.2 Å². The van der Waals surface area contributed by atoms with E-state index in [0.29, 0.717) is 22.7 Å². The molecule has 7 rings (SSSR count). The van der Waals surface area contributed by atoms with E-state index in [9.17, 15) is 18.8 Å². The molecule has 3 amide bonds. The van der Waals surface area contributed by atoms with Crippen LogP contribution in [0.2, 0.25) is 5.02 Å². The predicted molar refractivity (Wildman–Crippen MR) is 137 cm³/mol. The van der Waals surface area contributed by atoms with Crippen molar-refractivity contribution >= 4 is 51.6 Å². The van der Waals surface area contributed by atoms with Gasteiger partial charge in [0.25, 0.3) is 0 Å². The normalized spacial score (nSPS) is 26.3. The van der Waals surface area contributed by atoms with E-state index < -0.39 is 47.0 Å². The average Bonchev–Trinajstić information content (AvgIpc) is 3.60. The molecule has 1 aromatic heterocycles. The minimum atomic E-state index is -1.47. The predicted octanol–water partition coefficient (Wildman–Crippen LogP) is 4.13. The number of amides is 3. The lowest BCUT2D eigenvalue weighted by atomic mass is 9.76. The van der Waals surface area contributed by atoms with Crippen molar-refractivity contribution < 1.29 is 18.8 Å². The number of para-hydroxylation sites is 2. The highest BCUT2D eigenvalue weighted by Crippen LogP contribution is 2.55. The third-order valence-electron chi connectivity index (χ3n) is 7.90. The fourth-order valence-corrected chi connectivity index (χ4v) is 6.57. The number of hydrogen-bond acceptors (Lipinski definition) is 4. The largest absolute Gasteiger partial charge is 0.361 e. The van der Waals surface area contributed by atoms with Crippen LogP contribution in [0, 0.1) is 17.7 Å². The number of aromatic amines is 1.